The number of amidine groups is 1. The van der Waals surface area contributed by atoms with E-state index in [1.807, 2.05) is 7.05 Å². The van der Waals surface area contributed by atoms with Crippen LogP contribution >= 0.6 is 0 Å². The molecule has 90 valence electrons. The highest BCUT2D eigenvalue weighted by Crippen LogP contribution is 1.98. The molecule has 0 aromatic carbocycles. The number of ether oxygens (including phenoxy) is 1. The molecule has 4 nitrogen and oxygen atoms in total. The SMILES string of the molecule is CC(C)CCOCCN(C)CCC(=N)N. The van der Waals surface area contributed by atoms with Crippen LogP contribution in [0.1, 0.15) is 26.7 Å². The first-order chi connectivity index (χ1) is 7.02. The van der Waals surface area contributed by atoms with E-state index in [1.165, 1.54) is 0 Å². The molecule has 0 spiro atoms. The maximum atomic E-state index is 7.10. The quantitative estimate of drug-likeness (QED) is 0.346. The third-order valence-corrected chi connectivity index (χ3v) is 2.22. The van der Waals surface area contributed by atoms with Gasteiger partial charge in [-0.25, -0.2) is 0 Å². The number of rotatable bonds is 9. The van der Waals surface area contributed by atoms with Crippen molar-refractivity contribution in [2.45, 2.75) is 26.7 Å². The first kappa shape index (κ1) is 14.4. The number of nitrogens with zero attached hydrogens (tertiary/aromatic N) is 1. The van der Waals surface area contributed by atoms with Crippen LogP contribution in [0.2, 0.25) is 0 Å². The van der Waals surface area contributed by atoms with Crippen LogP contribution in [-0.4, -0.2) is 44.1 Å². The van der Waals surface area contributed by atoms with Crippen molar-refractivity contribution < 1.29 is 4.74 Å². The van der Waals surface area contributed by atoms with Gasteiger partial charge in [-0.1, -0.05) is 13.8 Å². The van der Waals surface area contributed by atoms with Crippen LogP contribution in [-0.2, 0) is 4.74 Å². The Kier molecular flexibility index (Phi) is 8.33. The summed E-state index contributed by atoms with van der Waals surface area (Å²) in [4.78, 5) is 2.14. The maximum absolute atomic E-state index is 7.10. The van der Waals surface area contributed by atoms with Gasteiger partial charge in [0.05, 0.1) is 12.4 Å². The molecule has 0 amide bonds. The molecule has 15 heavy (non-hydrogen) atoms. The Hall–Kier alpha value is -0.610. The molecular weight excluding hydrogens is 190 g/mol. The van der Waals surface area contributed by atoms with E-state index in [9.17, 15) is 0 Å². The molecule has 0 aliphatic carbocycles. The number of nitrogens with one attached hydrogen (secondary N) is 1. The van der Waals surface area contributed by atoms with E-state index >= 15 is 0 Å². The van der Waals surface area contributed by atoms with Gasteiger partial charge in [0.15, 0.2) is 0 Å². The van der Waals surface area contributed by atoms with Crippen molar-refractivity contribution >= 4 is 5.84 Å². The average Bonchev–Trinajstić information content (AvgIpc) is 2.13. The summed E-state index contributed by atoms with van der Waals surface area (Å²) in [5.74, 6) is 0.961. The molecule has 0 radical (unpaired) electrons. The first-order valence-electron chi connectivity index (χ1n) is 5.61. The lowest BCUT2D eigenvalue weighted by Crippen LogP contribution is -2.27. The minimum Gasteiger partial charge on any atom is -0.388 e. The van der Waals surface area contributed by atoms with E-state index in [0.29, 0.717) is 12.3 Å². The van der Waals surface area contributed by atoms with E-state index in [2.05, 4.69) is 18.7 Å². The highest BCUT2D eigenvalue weighted by atomic mass is 16.5. The van der Waals surface area contributed by atoms with E-state index in [1.54, 1.807) is 0 Å². The summed E-state index contributed by atoms with van der Waals surface area (Å²) in [6, 6.07) is 0. The Morgan fingerprint density at radius 1 is 1.33 bits per heavy atom. The highest BCUT2D eigenvalue weighted by Gasteiger charge is 1.99. The molecule has 0 unspecified atom stereocenters. The summed E-state index contributed by atoms with van der Waals surface area (Å²) < 4.78 is 5.50. The van der Waals surface area contributed by atoms with Crippen molar-refractivity contribution in [1.82, 2.24) is 4.90 Å². The normalized spacial score (nSPS) is 11.3. The van der Waals surface area contributed by atoms with Crippen molar-refractivity contribution in [1.29, 1.82) is 5.41 Å². The Bertz CT molecular complexity index is 171. The van der Waals surface area contributed by atoms with Crippen LogP contribution in [0.25, 0.3) is 0 Å². The topological polar surface area (TPSA) is 62.3 Å². The van der Waals surface area contributed by atoms with E-state index in [0.717, 1.165) is 32.7 Å². The molecule has 0 atom stereocenters. The van der Waals surface area contributed by atoms with Gasteiger partial charge in [0.2, 0.25) is 0 Å². The monoisotopic (exact) mass is 215 g/mol. The number of hydrogen-bond acceptors (Lipinski definition) is 3. The van der Waals surface area contributed by atoms with Crippen LogP contribution in [0.5, 0.6) is 0 Å². The second-order valence-electron chi connectivity index (χ2n) is 4.37. The summed E-state index contributed by atoms with van der Waals surface area (Å²) in [5.41, 5.74) is 5.28. The highest BCUT2D eigenvalue weighted by molar-refractivity contribution is 5.76. The second-order valence-corrected chi connectivity index (χ2v) is 4.37. The molecule has 0 aliphatic heterocycles. The lowest BCUT2D eigenvalue weighted by atomic mass is 10.1. The Morgan fingerprint density at radius 3 is 2.53 bits per heavy atom. The lowest BCUT2D eigenvalue weighted by molar-refractivity contribution is 0.104. The zero-order chi connectivity index (χ0) is 11.7. The zero-order valence-corrected chi connectivity index (χ0v) is 10.3. The van der Waals surface area contributed by atoms with E-state index in [-0.39, 0.29) is 5.84 Å². The third kappa shape index (κ3) is 11.3. The van der Waals surface area contributed by atoms with Gasteiger partial charge in [-0.3, -0.25) is 5.41 Å². The predicted octanol–water partition coefficient (Wildman–Crippen LogP) is 1.31. The summed E-state index contributed by atoms with van der Waals surface area (Å²) in [6.45, 7) is 7.75. The number of hydrogen-bond donors (Lipinski definition) is 2. The van der Waals surface area contributed by atoms with Crippen LogP contribution < -0.4 is 5.73 Å². The number of likely N-dealkylation sites (N-methyl/N-ethyl adjacent to an activating group) is 1. The standard InChI is InChI=1S/C11H25N3O/c1-10(2)5-8-15-9-7-14(3)6-4-11(12)13/h10H,4-9H2,1-3H3,(H3,12,13). The Balaban J connectivity index is 3.23. The summed E-state index contributed by atoms with van der Waals surface area (Å²) in [6.07, 6.45) is 1.76. The van der Waals surface area contributed by atoms with Gasteiger partial charge in [-0.2, -0.15) is 0 Å². The van der Waals surface area contributed by atoms with Crippen molar-refractivity contribution in [2.75, 3.05) is 33.4 Å². The van der Waals surface area contributed by atoms with Crippen molar-refractivity contribution in [3.8, 4) is 0 Å². The summed E-state index contributed by atoms with van der Waals surface area (Å²) in [7, 11) is 2.02. The molecule has 0 aromatic rings. The van der Waals surface area contributed by atoms with Gasteiger partial charge in [0.1, 0.15) is 0 Å². The Morgan fingerprint density at radius 2 is 2.00 bits per heavy atom. The molecule has 3 N–H and O–H groups in total. The summed E-state index contributed by atoms with van der Waals surface area (Å²) >= 11 is 0. The number of nitrogens with two attached hydrogens (primary N) is 1. The first-order valence-corrected chi connectivity index (χ1v) is 5.61. The zero-order valence-electron chi connectivity index (χ0n) is 10.3. The Labute approximate surface area is 93.3 Å². The molecule has 0 saturated heterocycles. The fourth-order valence-electron chi connectivity index (χ4n) is 1.06. The lowest BCUT2D eigenvalue weighted by Gasteiger charge is -2.16. The average molecular weight is 215 g/mol. The predicted molar refractivity (Wildman–Crippen MR) is 64.3 cm³/mol. The van der Waals surface area contributed by atoms with Gasteiger partial charge < -0.3 is 15.4 Å². The third-order valence-electron chi connectivity index (χ3n) is 2.22. The fourth-order valence-corrected chi connectivity index (χ4v) is 1.06. The van der Waals surface area contributed by atoms with Crippen molar-refractivity contribution in [3.05, 3.63) is 0 Å². The van der Waals surface area contributed by atoms with E-state index < -0.39 is 0 Å². The molecular formula is C11H25N3O. The second kappa shape index (κ2) is 8.68. The minimum absolute atomic E-state index is 0.252. The molecule has 0 rings (SSSR count). The largest absolute Gasteiger partial charge is 0.388 e. The van der Waals surface area contributed by atoms with Gasteiger partial charge in [0.25, 0.3) is 0 Å². The molecule has 0 aromatic heterocycles. The van der Waals surface area contributed by atoms with Crippen LogP contribution in [0, 0.1) is 11.3 Å². The molecule has 4 heteroatoms. The molecule has 0 bridgehead atoms. The smallest absolute Gasteiger partial charge is 0.0918 e. The van der Waals surface area contributed by atoms with Gasteiger partial charge in [-0.05, 0) is 19.4 Å². The van der Waals surface area contributed by atoms with Gasteiger partial charge in [-0.15, -0.1) is 0 Å². The van der Waals surface area contributed by atoms with Gasteiger partial charge in [0, 0.05) is 26.1 Å². The fraction of sp³-hybridized carbons (Fsp3) is 0.909. The van der Waals surface area contributed by atoms with E-state index in [4.69, 9.17) is 15.9 Å². The van der Waals surface area contributed by atoms with Crippen LogP contribution in [0.3, 0.4) is 0 Å². The van der Waals surface area contributed by atoms with Crippen molar-refractivity contribution in [2.24, 2.45) is 11.7 Å². The van der Waals surface area contributed by atoms with Crippen LogP contribution in [0.15, 0.2) is 0 Å². The summed E-state index contributed by atoms with van der Waals surface area (Å²) in [5, 5.41) is 7.10. The molecule has 0 saturated carbocycles. The van der Waals surface area contributed by atoms with Crippen LogP contribution in [0.4, 0.5) is 0 Å². The van der Waals surface area contributed by atoms with Crippen molar-refractivity contribution in [3.63, 3.8) is 0 Å². The maximum Gasteiger partial charge on any atom is 0.0918 e. The molecule has 0 aliphatic rings. The van der Waals surface area contributed by atoms with Gasteiger partial charge >= 0.3 is 0 Å². The minimum atomic E-state index is 0.252. The molecule has 0 fully saturated rings. The molecule has 0 heterocycles.